The molecule has 0 spiro atoms. The summed E-state index contributed by atoms with van der Waals surface area (Å²) < 4.78 is 44.7. The topological polar surface area (TPSA) is 68.2 Å². The van der Waals surface area contributed by atoms with Crippen LogP contribution in [0.4, 0.5) is 18.9 Å². The van der Waals surface area contributed by atoms with Crippen LogP contribution in [0.1, 0.15) is 5.69 Å². The van der Waals surface area contributed by atoms with Crippen LogP contribution < -0.4 is 10.6 Å². The molecule has 1 aliphatic rings. The normalized spacial score (nSPS) is 17.6. The molecule has 25 heavy (non-hydrogen) atoms. The molecule has 6 nitrogen and oxygen atoms in total. The predicted molar refractivity (Wildman–Crippen MR) is 87.1 cm³/mol. The molecule has 3 rings (SSSR count). The molecule has 2 N–H and O–H groups in total. The number of aromatic nitrogens is 2. The second kappa shape index (κ2) is 7.85. The minimum atomic E-state index is -4.49. The molecule has 1 aromatic heterocycles. The summed E-state index contributed by atoms with van der Waals surface area (Å²) in [7, 11) is 0. The van der Waals surface area contributed by atoms with Gasteiger partial charge in [0.2, 0.25) is 5.91 Å². The van der Waals surface area contributed by atoms with Crippen LogP contribution in [0.3, 0.4) is 0 Å². The van der Waals surface area contributed by atoms with E-state index >= 15 is 0 Å². The number of ether oxygens (including phenoxy) is 1. The van der Waals surface area contributed by atoms with Crippen LogP contribution in [0.25, 0.3) is 5.69 Å². The SMILES string of the molecule is Cl.O=C(Nc1ccc(-n2nccc2C(F)(F)F)cc1)C1COCCN1. The first-order chi connectivity index (χ1) is 11.4. The minimum Gasteiger partial charge on any atom is -0.378 e. The van der Waals surface area contributed by atoms with Gasteiger partial charge in [0.1, 0.15) is 11.7 Å². The second-order valence-corrected chi connectivity index (χ2v) is 5.24. The van der Waals surface area contributed by atoms with Crippen molar-refractivity contribution < 1.29 is 22.7 Å². The third-order valence-corrected chi connectivity index (χ3v) is 3.55. The van der Waals surface area contributed by atoms with Gasteiger partial charge < -0.3 is 15.4 Å². The molecule has 1 aliphatic heterocycles. The standard InChI is InChI=1S/C15H15F3N4O2.ClH/c16-15(17,18)13-5-6-20-22(13)11-3-1-10(2-4-11)21-14(23)12-9-24-8-7-19-12;/h1-6,12,19H,7-9H2,(H,21,23);1H. The maximum Gasteiger partial charge on any atom is 0.433 e. The lowest BCUT2D eigenvalue weighted by Crippen LogP contribution is -2.48. The van der Waals surface area contributed by atoms with E-state index in [0.717, 1.165) is 16.9 Å². The highest BCUT2D eigenvalue weighted by atomic mass is 35.5. The molecular formula is C15H16ClF3N4O2. The van der Waals surface area contributed by atoms with Crippen molar-refractivity contribution in [2.45, 2.75) is 12.2 Å². The smallest absolute Gasteiger partial charge is 0.378 e. The maximum atomic E-state index is 12.9. The van der Waals surface area contributed by atoms with Gasteiger partial charge in [0, 0.05) is 12.2 Å². The quantitative estimate of drug-likeness (QED) is 0.862. The van der Waals surface area contributed by atoms with Gasteiger partial charge in [0.05, 0.1) is 25.1 Å². The number of hydrogen-bond acceptors (Lipinski definition) is 4. The Kier molecular flexibility index (Phi) is 6.04. The van der Waals surface area contributed by atoms with Crippen molar-refractivity contribution in [2.24, 2.45) is 0 Å². The molecule has 10 heteroatoms. The highest BCUT2D eigenvalue weighted by Crippen LogP contribution is 2.30. The molecule has 1 aromatic carbocycles. The summed E-state index contributed by atoms with van der Waals surface area (Å²) in [6, 6.07) is 6.44. The number of anilines is 1. The van der Waals surface area contributed by atoms with Crippen LogP contribution in [0, 0.1) is 0 Å². The molecule has 2 heterocycles. The fraction of sp³-hybridized carbons (Fsp3) is 0.333. The first kappa shape index (κ1) is 19.2. The maximum absolute atomic E-state index is 12.9. The Bertz CT molecular complexity index is 712. The lowest BCUT2D eigenvalue weighted by molar-refractivity contribution is -0.142. The molecule has 1 saturated heterocycles. The van der Waals surface area contributed by atoms with E-state index in [0.29, 0.717) is 18.8 Å². The number of nitrogens with zero attached hydrogens (tertiary/aromatic N) is 2. The molecule has 0 radical (unpaired) electrons. The van der Waals surface area contributed by atoms with Gasteiger partial charge >= 0.3 is 6.18 Å². The number of hydrogen-bond donors (Lipinski definition) is 2. The van der Waals surface area contributed by atoms with Crippen LogP contribution in [0.2, 0.25) is 0 Å². The van der Waals surface area contributed by atoms with Gasteiger partial charge in [-0.05, 0) is 30.3 Å². The van der Waals surface area contributed by atoms with Crippen molar-refractivity contribution >= 4 is 24.0 Å². The molecular weight excluding hydrogens is 361 g/mol. The van der Waals surface area contributed by atoms with Gasteiger partial charge in [0.25, 0.3) is 0 Å². The monoisotopic (exact) mass is 376 g/mol. The second-order valence-electron chi connectivity index (χ2n) is 5.24. The third kappa shape index (κ3) is 4.50. The van der Waals surface area contributed by atoms with E-state index in [-0.39, 0.29) is 30.6 Å². The molecule has 136 valence electrons. The van der Waals surface area contributed by atoms with Crippen LogP contribution in [0.15, 0.2) is 36.5 Å². The van der Waals surface area contributed by atoms with Gasteiger partial charge in [-0.2, -0.15) is 18.3 Å². The summed E-state index contributed by atoms with van der Waals surface area (Å²) in [6.07, 6.45) is -3.40. The number of carbonyl (C=O) groups excluding carboxylic acids is 1. The molecule has 1 atom stereocenters. The summed E-state index contributed by atoms with van der Waals surface area (Å²) in [6.45, 7) is 1.44. The summed E-state index contributed by atoms with van der Waals surface area (Å²) in [5, 5.41) is 9.42. The number of benzene rings is 1. The molecule has 0 saturated carbocycles. The number of morpholine rings is 1. The largest absolute Gasteiger partial charge is 0.433 e. The van der Waals surface area contributed by atoms with Gasteiger partial charge in [-0.3, -0.25) is 4.79 Å². The van der Waals surface area contributed by atoms with Crippen LogP contribution >= 0.6 is 12.4 Å². The van der Waals surface area contributed by atoms with Crippen molar-refractivity contribution in [2.75, 3.05) is 25.1 Å². The van der Waals surface area contributed by atoms with E-state index < -0.39 is 17.9 Å². The van der Waals surface area contributed by atoms with Gasteiger partial charge in [-0.1, -0.05) is 0 Å². The first-order valence-corrected chi connectivity index (χ1v) is 7.29. The number of alkyl halides is 3. The Morgan fingerprint density at radius 1 is 1.28 bits per heavy atom. The van der Waals surface area contributed by atoms with E-state index in [4.69, 9.17) is 4.74 Å². The fourth-order valence-corrected chi connectivity index (χ4v) is 2.37. The zero-order valence-electron chi connectivity index (χ0n) is 12.9. The zero-order chi connectivity index (χ0) is 17.2. The molecule has 0 bridgehead atoms. The fourth-order valence-electron chi connectivity index (χ4n) is 2.37. The lowest BCUT2D eigenvalue weighted by atomic mass is 10.2. The zero-order valence-corrected chi connectivity index (χ0v) is 13.7. The van der Waals surface area contributed by atoms with Gasteiger partial charge in [-0.15, -0.1) is 12.4 Å². The minimum absolute atomic E-state index is 0. The van der Waals surface area contributed by atoms with Crippen LogP contribution in [0.5, 0.6) is 0 Å². The van der Waals surface area contributed by atoms with Gasteiger partial charge in [0.15, 0.2) is 0 Å². The van der Waals surface area contributed by atoms with Crippen molar-refractivity contribution in [3.05, 3.63) is 42.2 Å². The molecule has 1 amide bonds. The third-order valence-electron chi connectivity index (χ3n) is 3.55. The van der Waals surface area contributed by atoms with Crippen molar-refractivity contribution in [1.82, 2.24) is 15.1 Å². The van der Waals surface area contributed by atoms with Gasteiger partial charge in [-0.25, -0.2) is 4.68 Å². The summed E-state index contributed by atoms with van der Waals surface area (Å²) >= 11 is 0. The average molecular weight is 377 g/mol. The van der Waals surface area contributed by atoms with E-state index in [1.165, 1.54) is 24.3 Å². The van der Waals surface area contributed by atoms with Crippen LogP contribution in [-0.4, -0.2) is 41.5 Å². The Hall–Kier alpha value is -2.10. The van der Waals surface area contributed by atoms with E-state index in [1.807, 2.05) is 0 Å². The molecule has 1 unspecified atom stereocenters. The van der Waals surface area contributed by atoms with Crippen LogP contribution in [-0.2, 0) is 15.7 Å². The van der Waals surface area contributed by atoms with E-state index in [2.05, 4.69) is 15.7 Å². The number of nitrogens with one attached hydrogen (secondary N) is 2. The summed E-state index contributed by atoms with van der Waals surface area (Å²) in [5.74, 6) is -0.252. The highest BCUT2D eigenvalue weighted by Gasteiger charge is 2.35. The Morgan fingerprint density at radius 2 is 2.00 bits per heavy atom. The number of halogens is 4. The molecule has 0 aliphatic carbocycles. The highest BCUT2D eigenvalue weighted by molar-refractivity contribution is 5.95. The summed E-state index contributed by atoms with van der Waals surface area (Å²) in [4.78, 5) is 12.0. The Labute approximate surface area is 147 Å². The Balaban J connectivity index is 0.00000225. The number of carbonyl (C=O) groups is 1. The lowest BCUT2D eigenvalue weighted by Gasteiger charge is -2.22. The average Bonchev–Trinajstić information content (AvgIpc) is 3.06. The van der Waals surface area contributed by atoms with E-state index in [9.17, 15) is 18.0 Å². The molecule has 1 fully saturated rings. The van der Waals surface area contributed by atoms with Crippen molar-refractivity contribution in [3.8, 4) is 5.69 Å². The summed E-state index contributed by atoms with van der Waals surface area (Å²) in [5.41, 5.74) is -0.121. The number of amides is 1. The first-order valence-electron chi connectivity index (χ1n) is 7.29. The van der Waals surface area contributed by atoms with E-state index in [1.54, 1.807) is 0 Å². The van der Waals surface area contributed by atoms with Crippen molar-refractivity contribution in [3.63, 3.8) is 0 Å². The predicted octanol–water partition coefficient (Wildman–Crippen LogP) is 2.24. The Morgan fingerprint density at radius 3 is 2.60 bits per heavy atom. The number of rotatable bonds is 3. The molecule has 2 aromatic rings. The van der Waals surface area contributed by atoms with Crippen molar-refractivity contribution in [1.29, 1.82) is 0 Å².